The second-order valence-corrected chi connectivity index (χ2v) is 6.48. The van der Waals surface area contributed by atoms with Crippen LogP contribution in [-0.2, 0) is 16.0 Å². The molecule has 5 heteroatoms. The van der Waals surface area contributed by atoms with E-state index in [1.54, 1.807) is 0 Å². The lowest BCUT2D eigenvalue weighted by Gasteiger charge is -2.33. The number of likely N-dealkylation sites (tertiary alicyclic amines) is 1. The molecule has 0 bridgehead atoms. The number of carboxylic acids is 1. The minimum atomic E-state index is -0.829. The lowest BCUT2D eigenvalue weighted by atomic mass is 10.0. The van der Waals surface area contributed by atoms with Gasteiger partial charge in [-0.15, -0.1) is 11.8 Å². The first-order valence-electron chi connectivity index (χ1n) is 7.29. The summed E-state index contributed by atoms with van der Waals surface area (Å²) >= 11 is 1.51. The normalized spacial score (nSPS) is 18.5. The van der Waals surface area contributed by atoms with Crippen LogP contribution in [0.2, 0.25) is 0 Å². The second-order valence-electron chi connectivity index (χ2n) is 5.44. The highest BCUT2D eigenvalue weighted by atomic mass is 32.2. The number of hydrogen-bond acceptors (Lipinski definition) is 3. The van der Waals surface area contributed by atoms with Crippen molar-refractivity contribution < 1.29 is 14.7 Å². The molecular formula is C16H21NO3S. The van der Waals surface area contributed by atoms with Gasteiger partial charge in [0.1, 0.15) is 0 Å². The van der Waals surface area contributed by atoms with E-state index >= 15 is 0 Å². The smallest absolute Gasteiger partial charge is 0.307 e. The Morgan fingerprint density at radius 1 is 1.29 bits per heavy atom. The third-order valence-corrected chi connectivity index (χ3v) is 4.76. The average molecular weight is 307 g/mol. The largest absolute Gasteiger partial charge is 0.481 e. The van der Waals surface area contributed by atoms with E-state index < -0.39 is 5.97 Å². The molecule has 0 aromatic heterocycles. The molecule has 114 valence electrons. The fourth-order valence-electron chi connectivity index (χ4n) is 2.57. The fraction of sp³-hybridized carbons (Fsp3) is 0.500. The van der Waals surface area contributed by atoms with E-state index in [0.29, 0.717) is 11.8 Å². The first-order valence-corrected chi connectivity index (χ1v) is 8.28. The van der Waals surface area contributed by atoms with Gasteiger partial charge in [-0.05, 0) is 43.9 Å². The van der Waals surface area contributed by atoms with Crippen LogP contribution in [0.15, 0.2) is 29.2 Å². The molecule has 1 aromatic rings. The molecule has 1 amide bonds. The number of carbonyl (C=O) groups excluding carboxylic acids is 1. The van der Waals surface area contributed by atoms with E-state index in [1.807, 2.05) is 29.2 Å². The van der Waals surface area contributed by atoms with Crippen molar-refractivity contribution in [2.24, 2.45) is 0 Å². The summed E-state index contributed by atoms with van der Waals surface area (Å²) in [5.41, 5.74) is 0.780. The van der Waals surface area contributed by atoms with Crippen LogP contribution in [0.25, 0.3) is 0 Å². The Labute approximate surface area is 129 Å². The van der Waals surface area contributed by atoms with Gasteiger partial charge in [0.05, 0.1) is 12.2 Å². The summed E-state index contributed by atoms with van der Waals surface area (Å²) in [7, 11) is 0. The number of carboxylic acid groups (broad SMARTS) is 1. The van der Waals surface area contributed by atoms with Crippen LogP contribution in [0.3, 0.4) is 0 Å². The maximum absolute atomic E-state index is 12.2. The van der Waals surface area contributed by atoms with Gasteiger partial charge in [0.15, 0.2) is 0 Å². The summed E-state index contributed by atoms with van der Waals surface area (Å²) in [5.74, 6) is -0.186. The highest BCUT2D eigenvalue weighted by Crippen LogP contribution is 2.22. The first-order chi connectivity index (χ1) is 10.1. The van der Waals surface area contributed by atoms with Crippen molar-refractivity contribution in [2.45, 2.75) is 43.5 Å². The molecule has 21 heavy (non-hydrogen) atoms. The molecule has 1 unspecified atom stereocenters. The molecule has 1 aliphatic heterocycles. The Bertz CT molecular complexity index is 501. The molecule has 1 heterocycles. The van der Waals surface area contributed by atoms with E-state index in [4.69, 9.17) is 5.11 Å². The number of amides is 1. The standard InChI is InChI=1S/C16H21NO3S/c1-12-4-2-3-9-17(12)15(18)11-21-14-7-5-13(6-8-14)10-16(19)20/h5-8,12H,2-4,9-11H2,1H3,(H,19,20). The molecule has 0 radical (unpaired) electrons. The van der Waals surface area contributed by atoms with Crippen molar-refractivity contribution in [1.29, 1.82) is 0 Å². The molecule has 1 fully saturated rings. The predicted molar refractivity (Wildman–Crippen MR) is 83.5 cm³/mol. The second kappa shape index (κ2) is 7.50. The van der Waals surface area contributed by atoms with Crippen LogP contribution in [0.4, 0.5) is 0 Å². The van der Waals surface area contributed by atoms with Crippen LogP contribution >= 0.6 is 11.8 Å². The minimum absolute atomic E-state index is 0.0369. The summed E-state index contributed by atoms with van der Waals surface area (Å²) in [6, 6.07) is 7.74. The molecule has 1 saturated heterocycles. The van der Waals surface area contributed by atoms with Crippen molar-refractivity contribution in [2.75, 3.05) is 12.3 Å². The van der Waals surface area contributed by atoms with Crippen molar-refractivity contribution in [3.8, 4) is 0 Å². The summed E-state index contributed by atoms with van der Waals surface area (Å²) < 4.78 is 0. The van der Waals surface area contributed by atoms with E-state index in [0.717, 1.165) is 29.8 Å². The van der Waals surface area contributed by atoms with E-state index in [2.05, 4.69) is 6.92 Å². The number of aliphatic carboxylic acids is 1. The molecule has 1 aliphatic rings. The maximum atomic E-state index is 12.2. The van der Waals surface area contributed by atoms with E-state index in [-0.39, 0.29) is 12.3 Å². The third kappa shape index (κ3) is 4.77. The number of carbonyl (C=O) groups is 2. The van der Waals surface area contributed by atoms with Gasteiger partial charge >= 0.3 is 5.97 Å². The molecular weight excluding hydrogens is 286 g/mol. The summed E-state index contributed by atoms with van der Waals surface area (Å²) in [5, 5.41) is 8.73. The molecule has 0 saturated carbocycles. The molecule has 0 spiro atoms. The van der Waals surface area contributed by atoms with E-state index in [1.165, 1.54) is 18.2 Å². The third-order valence-electron chi connectivity index (χ3n) is 3.76. The van der Waals surface area contributed by atoms with Gasteiger partial charge in [0, 0.05) is 17.5 Å². The highest BCUT2D eigenvalue weighted by molar-refractivity contribution is 8.00. The number of rotatable bonds is 5. The lowest BCUT2D eigenvalue weighted by Crippen LogP contribution is -2.42. The Morgan fingerprint density at radius 2 is 2.00 bits per heavy atom. The van der Waals surface area contributed by atoms with Gasteiger partial charge in [-0.2, -0.15) is 0 Å². The van der Waals surface area contributed by atoms with Gasteiger partial charge in [-0.1, -0.05) is 12.1 Å². The SMILES string of the molecule is CC1CCCCN1C(=O)CSc1ccc(CC(=O)O)cc1. The zero-order chi connectivity index (χ0) is 15.2. The number of nitrogens with zero attached hydrogens (tertiary/aromatic N) is 1. The molecule has 2 rings (SSSR count). The van der Waals surface area contributed by atoms with Crippen LogP contribution in [0.1, 0.15) is 31.7 Å². The Morgan fingerprint density at radius 3 is 2.62 bits per heavy atom. The zero-order valence-electron chi connectivity index (χ0n) is 12.2. The molecule has 4 nitrogen and oxygen atoms in total. The van der Waals surface area contributed by atoms with Crippen LogP contribution in [0.5, 0.6) is 0 Å². The van der Waals surface area contributed by atoms with Gasteiger partial charge < -0.3 is 10.0 Å². The molecule has 1 aromatic carbocycles. The lowest BCUT2D eigenvalue weighted by molar-refractivity contribution is -0.136. The number of benzene rings is 1. The van der Waals surface area contributed by atoms with Gasteiger partial charge in [-0.25, -0.2) is 0 Å². The van der Waals surface area contributed by atoms with Gasteiger partial charge in [-0.3, -0.25) is 9.59 Å². The quantitative estimate of drug-likeness (QED) is 0.850. The Balaban J connectivity index is 1.84. The van der Waals surface area contributed by atoms with Crippen LogP contribution < -0.4 is 0 Å². The monoisotopic (exact) mass is 307 g/mol. The summed E-state index contributed by atoms with van der Waals surface area (Å²) in [4.78, 5) is 25.8. The molecule has 1 N–H and O–H groups in total. The Kier molecular flexibility index (Phi) is 5.67. The number of thioether (sulfide) groups is 1. The minimum Gasteiger partial charge on any atom is -0.481 e. The van der Waals surface area contributed by atoms with Crippen molar-refractivity contribution in [3.05, 3.63) is 29.8 Å². The highest BCUT2D eigenvalue weighted by Gasteiger charge is 2.22. The van der Waals surface area contributed by atoms with Crippen molar-refractivity contribution in [3.63, 3.8) is 0 Å². The maximum Gasteiger partial charge on any atom is 0.307 e. The van der Waals surface area contributed by atoms with Crippen molar-refractivity contribution in [1.82, 2.24) is 4.90 Å². The molecule has 0 aliphatic carbocycles. The summed E-state index contributed by atoms with van der Waals surface area (Å²) in [6.45, 7) is 2.99. The Hall–Kier alpha value is -1.49. The number of piperidine rings is 1. The average Bonchev–Trinajstić information content (AvgIpc) is 2.46. The zero-order valence-corrected chi connectivity index (χ0v) is 13.1. The molecule has 1 atom stereocenters. The van der Waals surface area contributed by atoms with Crippen molar-refractivity contribution >= 4 is 23.6 Å². The van der Waals surface area contributed by atoms with E-state index in [9.17, 15) is 9.59 Å². The topological polar surface area (TPSA) is 57.6 Å². The number of hydrogen-bond donors (Lipinski definition) is 1. The predicted octanol–water partition coefficient (Wildman–Crippen LogP) is 2.81. The fourth-order valence-corrected chi connectivity index (χ4v) is 3.36. The summed E-state index contributed by atoms with van der Waals surface area (Å²) in [6.07, 6.45) is 3.45. The first kappa shape index (κ1) is 15.9. The van der Waals surface area contributed by atoms with Crippen LogP contribution in [0, 0.1) is 0 Å². The van der Waals surface area contributed by atoms with Gasteiger partial charge in [0.2, 0.25) is 5.91 Å². The van der Waals surface area contributed by atoms with Gasteiger partial charge in [0.25, 0.3) is 0 Å². The van der Waals surface area contributed by atoms with Crippen LogP contribution in [-0.4, -0.2) is 40.2 Å².